The Balaban J connectivity index is 2.03. The zero-order chi connectivity index (χ0) is 15.0. The second-order valence-electron chi connectivity index (χ2n) is 4.30. The number of fused-ring (bicyclic) bond motifs is 1. The predicted molar refractivity (Wildman–Crippen MR) is 78.3 cm³/mol. The quantitative estimate of drug-likeness (QED) is 0.776. The van der Waals surface area contributed by atoms with Gasteiger partial charge in [0.25, 0.3) is 10.0 Å². The molecule has 0 aliphatic heterocycles. The van der Waals surface area contributed by atoms with E-state index in [1.54, 1.807) is 24.3 Å². The SMILES string of the molecule is O=S(=O)(Nc1n[nH]c2ccccc12)c1ccc(F)cc1Cl. The van der Waals surface area contributed by atoms with Crippen molar-refractivity contribution in [1.29, 1.82) is 0 Å². The third kappa shape index (κ3) is 2.57. The van der Waals surface area contributed by atoms with Gasteiger partial charge in [-0.05, 0) is 30.3 Å². The number of hydrogen-bond acceptors (Lipinski definition) is 3. The number of halogens is 2. The molecule has 0 spiro atoms. The van der Waals surface area contributed by atoms with Crippen LogP contribution in [0.25, 0.3) is 10.9 Å². The Morgan fingerprint density at radius 2 is 1.95 bits per heavy atom. The van der Waals surface area contributed by atoms with Gasteiger partial charge in [0, 0.05) is 5.39 Å². The molecule has 2 aromatic carbocycles. The zero-order valence-electron chi connectivity index (χ0n) is 10.5. The van der Waals surface area contributed by atoms with Crippen molar-refractivity contribution in [3.63, 3.8) is 0 Å². The number of anilines is 1. The lowest BCUT2D eigenvalue weighted by atomic mass is 10.2. The molecule has 2 N–H and O–H groups in total. The first kappa shape index (κ1) is 13.8. The minimum absolute atomic E-state index is 0.158. The average Bonchev–Trinajstić information content (AvgIpc) is 2.81. The van der Waals surface area contributed by atoms with Crippen molar-refractivity contribution < 1.29 is 12.8 Å². The van der Waals surface area contributed by atoms with E-state index in [-0.39, 0.29) is 15.7 Å². The maximum atomic E-state index is 13.0. The summed E-state index contributed by atoms with van der Waals surface area (Å²) < 4.78 is 40.0. The zero-order valence-corrected chi connectivity index (χ0v) is 12.0. The van der Waals surface area contributed by atoms with Crippen LogP contribution in [0.4, 0.5) is 10.2 Å². The van der Waals surface area contributed by atoms with Gasteiger partial charge in [-0.1, -0.05) is 23.7 Å². The largest absolute Gasteiger partial charge is 0.276 e. The van der Waals surface area contributed by atoms with Crippen molar-refractivity contribution in [3.05, 3.63) is 53.3 Å². The lowest BCUT2D eigenvalue weighted by molar-refractivity contribution is 0.599. The van der Waals surface area contributed by atoms with Crippen LogP contribution in [0.3, 0.4) is 0 Å². The van der Waals surface area contributed by atoms with Gasteiger partial charge in [-0.3, -0.25) is 9.82 Å². The molecule has 1 aromatic heterocycles. The molecule has 0 radical (unpaired) electrons. The van der Waals surface area contributed by atoms with Crippen LogP contribution in [0.2, 0.25) is 5.02 Å². The molecule has 0 aliphatic carbocycles. The van der Waals surface area contributed by atoms with Crippen LogP contribution in [0.5, 0.6) is 0 Å². The average molecular weight is 326 g/mol. The fourth-order valence-corrected chi connectivity index (χ4v) is 3.47. The van der Waals surface area contributed by atoms with Crippen LogP contribution in [0.1, 0.15) is 0 Å². The minimum Gasteiger partial charge on any atom is -0.276 e. The molecule has 0 bridgehead atoms. The van der Waals surface area contributed by atoms with Gasteiger partial charge >= 0.3 is 0 Å². The fourth-order valence-electron chi connectivity index (χ4n) is 1.92. The van der Waals surface area contributed by atoms with Crippen molar-refractivity contribution in [2.75, 3.05) is 4.72 Å². The second kappa shape index (κ2) is 5.01. The molecule has 3 aromatic rings. The summed E-state index contributed by atoms with van der Waals surface area (Å²) in [4.78, 5) is -0.211. The predicted octanol–water partition coefficient (Wildman–Crippen LogP) is 3.16. The van der Waals surface area contributed by atoms with Gasteiger partial charge in [0.15, 0.2) is 5.82 Å². The number of rotatable bonds is 3. The van der Waals surface area contributed by atoms with Crippen molar-refractivity contribution in [2.45, 2.75) is 4.90 Å². The molecule has 0 fully saturated rings. The van der Waals surface area contributed by atoms with E-state index >= 15 is 0 Å². The van der Waals surface area contributed by atoms with E-state index in [0.717, 1.165) is 18.2 Å². The number of H-pyrrole nitrogens is 1. The normalized spacial score (nSPS) is 11.7. The topological polar surface area (TPSA) is 74.8 Å². The first-order valence-corrected chi connectivity index (χ1v) is 7.74. The number of benzene rings is 2. The van der Waals surface area contributed by atoms with Crippen LogP contribution < -0.4 is 4.72 Å². The van der Waals surface area contributed by atoms with Gasteiger partial charge in [0.05, 0.1) is 10.5 Å². The monoisotopic (exact) mass is 325 g/mol. The van der Waals surface area contributed by atoms with Crippen LogP contribution >= 0.6 is 11.6 Å². The van der Waals surface area contributed by atoms with E-state index in [0.29, 0.717) is 10.9 Å². The van der Waals surface area contributed by atoms with Gasteiger partial charge in [0.2, 0.25) is 0 Å². The van der Waals surface area contributed by atoms with Crippen molar-refractivity contribution in [2.24, 2.45) is 0 Å². The lowest BCUT2D eigenvalue weighted by Crippen LogP contribution is -2.14. The molecule has 0 saturated carbocycles. The maximum Gasteiger partial charge on any atom is 0.264 e. The maximum absolute atomic E-state index is 13.0. The Morgan fingerprint density at radius 1 is 1.19 bits per heavy atom. The Bertz CT molecular complexity index is 924. The summed E-state index contributed by atoms with van der Waals surface area (Å²) in [6.07, 6.45) is 0. The molecule has 3 rings (SSSR count). The summed E-state index contributed by atoms with van der Waals surface area (Å²) in [6.45, 7) is 0. The second-order valence-corrected chi connectivity index (χ2v) is 6.36. The van der Waals surface area contributed by atoms with Gasteiger partial charge in [-0.15, -0.1) is 0 Å². The highest BCUT2D eigenvalue weighted by atomic mass is 35.5. The summed E-state index contributed by atoms with van der Waals surface area (Å²) in [7, 11) is -3.95. The van der Waals surface area contributed by atoms with Crippen LogP contribution in [-0.4, -0.2) is 18.6 Å². The van der Waals surface area contributed by atoms with E-state index in [4.69, 9.17) is 11.6 Å². The highest BCUT2D eigenvalue weighted by Crippen LogP contribution is 2.26. The summed E-state index contributed by atoms with van der Waals surface area (Å²) in [5, 5.41) is 7.07. The Hall–Kier alpha value is -2.12. The molecule has 0 saturated heterocycles. The van der Waals surface area contributed by atoms with Gasteiger partial charge in [0.1, 0.15) is 10.7 Å². The highest BCUT2D eigenvalue weighted by Gasteiger charge is 2.20. The molecule has 21 heavy (non-hydrogen) atoms. The number of para-hydroxylation sites is 1. The van der Waals surface area contributed by atoms with Crippen molar-refractivity contribution in [3.8, 4) is 0 Å². The first-order chi connectivity index (χ1) is 9.97. The molecule has 1 heterocycles. The number of aromatic nitrogens is 2. The fraction of sp³-hybridized carbons (Fsp3) is 0. The van der Waals surface area contributed by atoms with Crippen LogP contribution in [-0.2, 0) is 10.0 Å². The Morgan fingerprint density at radius 3 is 2.71 bits per heavy atom. The molecular formula is C13H9ClFN3O2S. The summed E-state index contributed by atoms with van der Waals surface area (Å²) >= 11 is 5.79. The van der Waals surface area contributed by atoms with Crippen molar-refractivity contribution >= 4 is 38.3 Å². The number of nitrogens with one attached hydrogen (secondary N) is 2. The van der Waals surface area contributed by atoms with E-state index in [1.165, 1.54) is 0 Å². The number of aromatic amines is 1. The van der Waals surface area contributed by atoms with E-state index in [2.05, 4.69) is 14.9 Å². The molecule has 8 heteroatoms. The van der Waals surface area contributed by atoms with E-state index in [9.17, 15) is 12.8 Å². The molecule has 0 unspecified atom stereocenters. The first-order valence-electron chi connectivity index (χ1n) is 5.88. The highest BCUT2D eigenvalue weighted by molar-refractivity contribution is 7.92. The Labute approximate surface area is 124 Å². The van der Waals surface area contributed by atoms with E-state index in [1.807, 2.05) is 0 Å². The standard InChI is InChI=1S/C13H9ClFN3O2S/c14-10-7-8(15)5-6-12(10)21(19,20)18-13-9-3-1-2-4-11(9)16-17-13/h1-7H,(H2,16,17,18). The smallest absolute Gasteiger partial charge is 0.264 e. The summed E-state index contributed by atoms with van der Waals surface area (Å²) in [5.41, 5.74) is 0.695. The summed E-state index contributed by atoms with van der Waals surface area (Å²) in [6, 6.07) is 10.1. The van der Waals surface area contributed by atoms with Crippen LogP contribution in [0, 0.1) is 5.82 Å². The minimum atomic E-state index is -3.95. The number of hydrogen-bond donors (Lipinski definition) is 2. The Kier molecular flexibility index (Phi) is 3.30. The van der Waals surface area contributed by atoms with Gasteiger partial charge < -0.3 is 0 Å². The molecule has 108 valence electrons. The number of nitrogens with zero attached hydrogens (tertiary/aromatic N) is 1. The third-order valence-electron chi connectivity index (χ3n) is 2.88. The van der Waals surface area contributed by atoms with Crippen molar-refractivity contribution in [1.82, 2.24) is 10.2 Å². The lowest BCUT2D eigenvalue weighted by Gasteiger charge is -2.07. The molecule has 0 aliphatic rings. The molecule has 5 nitrogen and oxygen atoms in total. The molecule has 0 amide bonds. The molecule has 0 atom stereocenters. The number of sulfonamides is 1. The van der Waals surface area contributed by atoms with Gasteiger partial charge in [-0.25, -0.2) is 12.8 Å². The summed E-state index contributed by atoms with van der Waals surface area (Å²) in [5.74, 6) is -0.449. The van der Waals surface area contributed by atoms with E-state index < -0.39 is 15.8 Å². The molecular weight excluding hydrogens is 317 g/mol. The van der Waals surface area contributed by atoms with Crippen LogP contribution in [0.15, 0.2) is 47.4 Å². The third-order valence-corrected chi connectivity index (χ3v) is 4.71. The van der Waals surface area contributed by atoms with Gasteiger partial charge in [-0.2, -0.15) is 5.10 Å².